The van der Waals surface area contributed by atoms with E-state index in [1.54, 1.807) is 13.8 Å². The molecule has 1 rings (SSSR count). The highest BCUT2D eigenvalue weighted by atomic mass is 16.6. The molecule has 0 radical (unpaired) electrons. The van der Waals surface area contributed by atoms with Crippen LogP contribution in [0.25, 0.3) is 5.53 Å². The normalized spacial score (nSPS) is 17.6. The Labute approximate surface area is 112 Å². The molecule has 1 fully saturated rings. The van der Waals surface area contributed by atoms with Crippen molar-refractivity contribution in [1.29, 1.82) is 0 Å². The summed E-state index contributed by atoms with van der Waals surface area (Å²) in [5.41, 5.74) is 12.7. The van der Waals surface area contributed by atoms with Crippen LogP contribution in [0.1, 0.15) is 46.0 Å². The molecule has 1 aliphatic carbocycles. The maximum absolute atomic E-state index is 12.0. The Hall–Kier alpha value is -1.68. The van der Waals surface area contributed by atoms with Gasteiger partial charge in [0.15, 0.2) is 0 Å². The first-order valence-electron chi connectivity index (χ1n) is 6.55. The van der Waals surface area contributed by atoms with Crippen LogP contribution in [0, 0.1) is 11.8 Å². The molecule has 1 atom stereocenters. The predicted molar refractivity (Wildman–Crippen MR) is 69.5 cm³/mol. The topological polar surface area (TPSA) is 106 Å². The van der Waals surface area contributed by atoms with Gasteiger partial charge >= 0.3 is 12.3 Å². The standard InChI is InChI=1S/C13H21N3O3/c1-13(2,19-12(14)18)7-10(11(17)8-16-15)9-5-3-4-6-9/h8-10H,3-7H2,1-2H3,(H2,14,18)/t10-/m0/s1. The molecule has 19 heavy (non-hydrogen) atoms. The number of nitrogens with two attached hydrogens (primary N) is 1. The summed E-state index contributed by atoms with van der Waals surface area (Å²) >= 11 is 0. The molecule has 0 aromatic rings. The molecular weight excluding hydrogens is 246 g/mol. The molecule has 0 unspecified atom stereocenters. The van der Waals surface area contributed by atoms with Crippen molar-refractivity contribution in [2.45, 2.75) is 51.6 Å². The van der Waals surface area contributed by atoms with Crippen LogP contribution in [-0.2, 0) is 9.53 Å². The third-order valence-corrected chi connectivity index (χ3v) is 3.61. The lowest BCUT2D eigenvalue weighted by Gasteiger charge is -2.30. The van der Waals surface area contributed by atoms with Gasteiger partial charge in [-0.05, 0) is 39.0 Å². The largest absolute Gasteiger partial charge is 0.444 e. The first-order chi connectivity index (χ1) is 8.85. The highest BCUT2D eigenvalue weighted by Gasteiger charge is 2.37. The monoisotopic (exact) mass is 267 g/mol. The van der Waals surface area contributed by atoms with Gasteiger partial charge in [-0.1, -0.05) is 12.8 Å². The molecule has 1 amide bonds. The Balaban J connectivity index is 2.81. The van der Waals surface area contributed by atoms with Crippen molar-refractivity contribution in [3.8, 4) is 0 Å². The number of ether oxygens (including phenoxy) is 1. The maximum Gasteiger partial charge on any atom is 0.405 e. The van der Waals surface area contributed by atoms with Crippen molar-refractivity contribution >= 4 is 18.1 Å². The highest BCUT2D eigenvalue weighted by Crippen LogP contribution is 2.36. The summed E-state index contributed by atoms with van der Waals surface area (Å²) in [4.78, 5) is 25.7. The minimum absolute atomic E-state index is 0.226. The van der Waals surface area contributed by atoms with E-state index in [0.717, 1.165) is 31.9 Å². The second kappa shape index (κ2) is 6.48. The molecule has 0 bridgehead atoms. The van der Waals surface area contributed by atoms with Gasteiger partial charge < -0.3 is 16.0 Å². The number of primary amides is 1. The third kappa shape index (κ3) is 4.83. The Morgan fingerprint density at radius 3 is 2.53 bits per heavy atom. The van der Waals surface area contributed by atoms with E-state index in [2.05, 4.69) is 4.79 Å². The van der Waals surface area contributed by atoms with Crippen molar-refractivity contribution in [3.05, 3.63) is 5.53 Å². The first-order valence-corrected chi connectivity index (χ1v) is 6.55. The minimum Gasteiger partial charge on any atom is -0.444 e. The summed E-state index contributed by atoms with van der Waals surface area (Å²) in [5, 5.41) is 0. The average molecular weight is 267 g/mol. The van der Waals surface area contributed by atoms with Crippen molar-refractivity contribution in [3.63, 3.8) is 0 Å². The molecular formula is C13H21N3O3. The molecule has 0 spiro atoms. The van der Waals surface area contributed by atoms with Crippen LogP contribution in [-0.4, -0.2) is 28.5 Å². The summed E-state index contributed by atoms with van der Waals surface area (Å²) in [7, 11) is 0. The number of nitrogens with zero attached hydrogens (tertiary/aromatic N) is 2. The zero-order valence-corrected chi connectivity index (χ0v) is 11.5. The Morgan fingerprint density at radius 2 is 2.05 bits per heavy atom. The van der Waals surface area contributed by atoms with Crippen molar-refractivity contribution in [2.24, 2.45) is 17.6 Å². The molecule has 1 aliphatic rings. The van der Waals surface area contributed by atoms with E-state index >= 15 is 0 Å². The van der Waals surface area contributed by atoms with Gasteiger partial charge in [-0.2, -0.15) is 4.79 Å². The van der Waals surface area contributed by atoms with Crippen LogP contribution in [0.2, 0.25) is 0 Å². The lowest BCUT2D eigenvalue weighted by molar-refractivity contribution is -0.123. The summed E-state index contributed by atoms with van der Waals surface area (Å²) < 4.78 is 5.04. The van der Waals surface area contributed by atoms with Crippen LogP contribution < -0.4 is 5.73 Å². The van der Waals surface area contributed by atoms with Gasteiger partial charge in [-0.25, -0.2) is 4.79 Å². The van der Waals surface area contributed by atoms with E-state index in [-0.39, 0.29) is 17.6 Å². The fourth-order valence-electron chi connectivity index (χ4n) is 2.86. The van der Waals surface area contributed by atoms with Gasteiger partial charge in [0.1, 0.15) is 5.60 Å². The van der Waals surface area contributed by atoms with Crippen LogP contribution in [0.15, 0.2) is 0 Å². The summed E-state index contributed by atoms with van der Waals surface area (Å²) in [6.45, 7) is 3.45. The van der Waals surface area contributed by atoms with Crippen molar-refractivity contribution < 1.29 is 19.1 Å². The fourth-order valence-corrected chi connectivity index (χ4v) is 2.86. The van der Waals surface area contributed by atoms with Crippen LogP contribution >= 0.6 is 0 Å². The Kier molecular flexibility index (Phi) is 5.24. The molecule has 0 saturated heterocycles. The second-order valence-corrected chi connectivity index (χ2v) is 5.68. The fraction of sp³-hybridized carbons (Fsp3) is 0.769. The van der Waals surface area contributed by atoms with Gasteiger partial charge in [0, 0.05) is 5.92 Å². The average Bonchev–Trinajstić information content (AvgIpc) is 2.77. The summed E-state index contributed by atoms with van der Waals surface area (Å²) in [6, 6.07) is 0. The zero-order valence-electron chi connectivity index (χ0n) is 11.5. The number of rotatable bonds is 6. The Bertz CT molecular complexity index is 394. The SMILES string of the molecule is CC(C)(C[C@H](C(=O)C=[N+]=[N-])C1CCCC1)OC(N)=O. The molecule has 0 aromatic heterocycles. The van der Waals surface area contributed by atoms with Crippen LogP contribution in [0.3, 0.4) is 0 Å². The number of hydrogen-bond acceptors (Lipinski definition) is 3. The predicted octanol–water partition coefficient (Wildman–Crippen LogP) is 1.93. The van der Waals surface area contributed by atoms with Crippen LogP contribution in [0.4, 0.5) is 4.79 Å². The number of ketones is 1. The lowest BCUT2D eigenvalue weighted by Crippen LogP contribution is -2.37. The molecule has 106 valence electrons. The van der Waals surface area contributed by atoms with Crippen molar-refractivity contribution in [1.82, 2.24) is 0 Å². The number of amides is 1. The molecule has 2 N–H and O–H groups in total. The molecule has 0 aromatic carbocycles. The second-order valence-electron chi connectivity index (χ2n) is 5.68. The van der Waals surface area contributed by atoms with Gasteiger partial charge in [0.25, 0.3) is 0 Å². The van der Waals surface area contributed by atoms with Crippen LogP contribution in [0.5, 0.6) is 0 Å². The lowest BCUT2D eigenvalue weighted by atomic mass is 9.80. The Morgan fingerprint density at radius 1 is 1.47 bits per heavy atom. The number of Topliss-reactive ketones (excluding diaryl/α,β-unsaturated/α-hetero) is 1. The van der Waals surface area contributed by atoms with Gasteiger partial charge in [-0.15, -0.1) is 0 Å². The van der Waals surface area contributed by atoms with Gasteiger partial charge in [0.2, 0.25) is 5.78 Å². The number of carbonyl (C=O) groups is 2. The van der Waals surface area contributed by atoms with E-state index in [0.29, 0.717) is 6.42 Å². The van der Waals surface area contributed by atoms with E-state index < -0.39 is 11.7 Å². The highest BCUT2D eigenvalue weighted by molar-refractivity contribution is 6.26. The zero-order chi connectivity index (χ0) is 14.5. The smallest absolute Gasteiger partial charge is 0.405 e. The van der Waals surface area contributed by atoms with Gasteiger partial charge in [-0.3, -0.25) is 4.79 Å². The quantitative estimate of drug-likeness (QED) is 0.451. The summed E-state index contributed by atoms with van der Waals surface area (Å²) in [5.74, 6) is -0.274. The maximum atomic E-state index is 12.0. The van der Waals surface area contributed by atoms with E-state index in [1.165, 1.54) is 0 Å². The number of carbonyl (C=O) groups excluding carboxylic acids is 2. The third-order valence-electron chi connectivity index (χ3n) is 3.61. The number of hydrogen-bond donors (Lipinski definition) is 1. The molecule has 0 heterocycles. The summed E-state index contributed by atoms with van der Waals surface area (Å²) in [6.07, 6.45) is 4.61. The molecule has 1 saturated carbocycles. The van der Waals surface area contributed by atoms with E-state index in [1.807, 2.05) is 0 Å². The van der Waals surface area contributed by atoms with Gasteiger partial charge in [0.05, 0.1) is 0 Å². The molecule has 6 nitrogen and oxygen atoms in total. The molecule has 0 aliphatic heterocycles. The molecule has 6 heteroatoms. The van der Waals surface area contributed by atoms with E-state index in [4.69, 9.17) is 16.0 Å². The van der Waals surface area contributed by atoms with E-state index in [9.17, 15) is 9.59 Å². The first kappa shape index (κ1) is 15.4. The van der Waals surface area contributed by atoms with Crippen molar-refractivity contribution in [2.75, 3.05) is 0 Å². The minimum atomic E-state index is -0.849.